The van der Waals surface area contributed by atoms with E-state index in [9.17, 15) is 9.59 Å². The van der Waals surface area contributed by atoms with Crippen LogP contribution in [0.3, 0.4) is 0 Å². The van der Waals surface area contributed by atoms with Crippen molar-refractivity contribution in [1.82, 2.24) is 9.71 Å². The quantitative estimate of drug-likeness (QED) is 0.336. The number of thiazole rings is 1. The molecular weight excluding hydrogens is 474 g/mol. The number of rotatable bonds is 6. The first-order chi connectivity index (χ1) is 16.5. The molecule has 10 heteroatoms. The van der Waals surface area contributed by atoms with Gasteiger partial charge >= 0.3 is 6.03 Å². The van der Waals surface area contributed by atoms with Crippen molar-refractivity contribution in [2.75, 3.05) is 26.6 Å². The third-order valence-electron chi connectivity index (χ3n) is 4.80. The molecule has 0 aliphatic rings. The highest BCUT2D eigenvalue weighted by Gasteiger charge is 2.18. The fourth-order valence-electron chi connectivity index (χ4n) is 3.23. The molecular formula is C24H21N3O5S2. The molecule has 0 atom stereocenters. The van der Waals surface area contributed by atoms with E-state index >= 15 is 0 Å². The molecule has 4 rings (SSSR count). The van der Waals surface area contributed by atoms with Crippen LogP contribution < -0.4 is 24.2 Å². The molecule has 2 amide bonds. The summed E-state index contributed by atoms with van der Waals surface area (Å²) in [6, 6.07) is 17.8. The number of aromatic nitrogens is 1. The van der Waals surface area contributed by atoms with Crippen LogP contribution in [-0.4, -0.2) is 37.5 Å². The number of amides is 2. The number of benzene rings is 3. The molecule has 0 unspecified atom stereocenters. The molecule has 1 heterocycles. The highest BCUT2D eigenvalue weighted by molar-refractivity contribution is 8.12. The van der Waals surface area contributed by atoms with Crippen LogP contribution in [-0.2, 0) is 0 Å². The zero-order chi connectivity index (χ0) is 24.1. The number of anilines is 1. The van der Waals surface area contributed by atoms with Crippen molar-refractivity contribution in [1.29, 1.82) is 0 Å². The summed E-state index contributed by atoms with van der Waals surface area (Å²) < 4.78 is 19.4. The van der Waals surface area contributed by atoms with Gasteiger partial charge in [0.2, 0.25) is 10.9 Å². The van der Waals surface area contributed by atoms with E-state index in [1.54, 1.807) is 17.4 Å². The number of fused-ring (bicyclic) bond motifs is 1. The lowest BCUT2D eigenvalue weighted by atomic mass is 10.2. The summed E-state index contributed by atoms with van der Waals surface area (Å²) in [5, 5.41) is 3.21. The highest BCUT2D eigenvalue weighted by Crippen LogP contribution is 2.39. The number of nitrogens with one attached hydrogen (secondary N) is 2. The second kappa shape index (κ2) is 10.4. The summed E-state index contributed by atoms with van der Waals surface area (Å²) in [4.78, 5) is 29.7. The molecule has 0 fully saturated rings. The third-order valence-corrected chi connectivity index (χ3v) is 6.59. The maximum absolute atomic E-state index is 12.6. The molecule has 0 aliphatic carbocycles. The first kappa shape index (κ1) is 23.4. The zero-order valence-corrected chi connectivity index (χ0v) is 20.2. The van der Waals surface area contributed by atoms with Gasteiger partial charge in [-0.05, 0) is 36.4 Å². The van der Waals surface area contributed by atoms with Gasteiger partial charge in [0.25, 0.3) is 0 Å². The average molecular weight is 496 g/mol. The number of methoxy groups -OCH3 is 3. The second-order valence-electron chi connectivity index (χ2n) is 6.93. The number of carbonyl (C=O) groups excluding carboxylic acids is 2. The molecule has 0 saturated carbocycles. The zero-order valence-electron chi connectivity index (χ0n) is 18.6. The predicted molar refractivity (Wildman–Crippen MR) is 135 cm³/mol. The number of hydrogen-bond donors (Lipinski definition) is 2. The highest BCUT2D eigenvalue weighted by atomic mass is 32.2. The summed E-state index contributed by atoms with van der Waals surface area (Å²) in [5.41, 5.74) is 2.69. The Morgan fingerprint density at radius 1 is 0.912 bits per heavy atom. The number of nitrogens with zero attached hydrogens (tertiary/aromatic N) is 1. The number of hydrogen-bond acceptors (Lipinski definition) is 8. The van der Waals surface area contributed by atoms with Gasteiger partial charge in [-0.3, -0.25) is 9.52 Å². The van der Waals surface area contributed by atoms with Crippen molar-refractivity contribution in [3.63, 3.8) is 0 Å². The standard InChI is InChI=1S/C24H21N3O5S2/c1-30-18-12-15(13-19(31-2)21(18)32-3)23(28)34-27-24(29)25-16-8-6-7-14(11-16)22-26-17-9-4-5-10-20(17)33-22/h4-13H,1-3H3,(H2,25,27,29). The Morgan fingerprint density at radius 2 is 1.65 bits per heavy atom. The van der Waals surface area contributed by atoms with E-state index in [0.29, 0.717) is 34.9 Å². The number of ether oxygens (including phenoxy) is 3. The molecule has 0 bridgehead atoms. The van der Waals surface area contributed by atoms with Crippen molar-refractivity contribution in [2.45, 2.75) is 0 Å². The Hall–Kier alpha value is -3.76. The van der Waals surface area contributed by atoms with E-state index in [1.807, 2.05) is 42.5 Å². The summed E-state index contributed by atoms with van der Waals surface area (Å²) in [7, 11) is 4.41. The van der Waals surface area contributed by atoms with E-state index in [0.717, 1.165) is 20.8 Å². The molecule has 4 aromatic rings. The van der Waals surface area contributed by atoms with E-state index in [4.69, 9.17) is 14.2 Å². The molecule has 1 aromatic heterocycles. The minimum Gasteiger partial charge on any atom is -0.493 e. The number of carbonyl (C=O) groups is 2. The lowest BCUT2D eigenvalue weighted by Gasteiger charge is -2.13. The van der Waals surface area contributed by atoms with Crippen LogP contribution in [0.5, 0.6) is 17.2 Å². The molecule has 34 heavy (non-hydrogen) atoms. The fourth-order valence-corrected chi connectivity index (χ4v) is 4.67. The van der Waals surface area contributed by atoms with Crippen LogP contribution in [0.25, 0.3) is 20.8 Å². The van der Waals surface area contributed by atoms with Gasteiger partial charge in [-0.1, -0.05) is 24.3 Å². The van der Waals surface area contributed by atoms with Gasteiger partial charge in [0.1, 0.15) is 5.01 Å². The predicted octanol–water partition coefficient (Wildman–Crippen LogP) is 5.60. The van der Waals surface area contributed by atoms with Gasteiger partial charge in [0.05, 0.1) is 31.5 Å². The first-order valence-corrected chi connectivity index (χ1v) is 11.7. The van der Waals surface area contributed by atoms with Crippen LogP contribution in [0, 0.1) is 0 Å². The summed E-state index contributed by atoms with van der Waals surface area (Å²) in [6.45, 7) is 0. The number of para-hydroxylation sites is 1. The number of urea groups is 1. The van der Waals surface area contributed by atoms with Crippen LogP contribution in [0.2, 0.25) is 0 Å². The maximum Gasteiger partial charge on any atom is 0.329 e. The largest absolute Gasteiger partial charge is 0.493 e. The van der Waals surface area contributed by atoms with Gasteiger partial charge < -0.3 is 19.5 Å². The molecule has 8 nitrogen and oxygen atoms in total. The molecule has 3 aromatic carbocycles. The molecule has 0 aliphatic heterocycles. The van der Waals surface area contributed by atoms with Gasteiger partial charge in [-0.2, -0.15) is 0 Å². The van der Waals surface area contributed by atoms with Crippen molar-refractivity contribution in [2.24, 2.45) is 0 Å². The smallest absolute Gasteiger partial charge is 0.329 e. The average Bonchev–Trinajstić information content (AvgIpc) is 3.31. The maximum atomic E-state index is 12.6. The Bertz CT molecular complexity index is 1300. The van der Waals surface area contributed by atoms with Crippen molar-refractivity contribution < 1.29 is 23.8 Å². The monoisotopic (exact) mass is 495 g/mol. The minimum atomic E-state index is -0.535. The minimum absolute atomic E-state index is 0.289. The van der Waals surface area contributed by atoms with Crippen LogP contribution in [0.1, 0.15) is 10.4 Å². The van der Waals surface area contributed by atoms with Crippen molar-refractivity contribution in [3.05, 3.63) is 66.2 Å². The van der Waals surface area contributed by atoms with E-state index in [2.05, 4.69) is 15.0 Å². The van der Waals surface area contributed by atoms with Crippen molar-refractivity contribution in [3.8, 4) is 27.8 Å². The summed E-state index contributed by atoms with van der Waals surface area (Å²) >= 11 is 2.23. The van der Waals surface area contributed by atoms with E-state index in [-0.39, 0.29) is 5.56 Å². The molecule has 0 spiro atoms. The second-order valence-corrected chi connectivity index (χ2v) is 8.74. The first-order valence-electron chi connectivity index (χ1n) is 10.1. The third kappa shape index (κ3) is 5.08. The fraction of sp³-hybridized carbons (Fsp3) is 0.125. The van der Waals surface area contributed by atoms with Crippen LogP contribution >= 0.6 is 23.3 Å². The summed E-state index contributed by atoms with van der Waals surface area (Å²) in [6.07, 6.45) is 0. The van der Waals surface area contributed by atoms with Gasteiger partial charge in [-0.15, -0.1) is 11.3 Å². The lowest BCUT2D eigenvalue weighted by Crippen LogP contribution is -2.24. The van der Waals surface area contributed by atoms with Gasteiger partial charge in [0, 0.05) is 28.8 Å². The Morgan fingerprint density at radius 3 is 2.32 bits per heavy atom. The van der Waals surface area contributed by atoms with E-state index < -0.39 is 11.1 Å². The molecule has 2 N–H and O–H groups in total. The topological polar surface area (TPSA) is 98.8 Å². The summed E-state index contributed by atoms with van der Waals surface area (Å²) in [5.74, 6) is 1.08. The van der Waals surface area contributed by atoms with Gasteiger partial charge in [-0.25, -0.2) is 9.78 Å². The van der Waals surface area contributed by atoms with Crippen LogP contribution in [0.4, 0.5) is 10.5 Å². The van der Waals surface area contributed by atoms with Crippen LogP contribution in [0.15, 0.2) is 60.7 Å². The lowest BCUT2D eigenvalue weighted by molar-refractivity contribution is 0.108. The molecule has 174 valence electrons. The Balaban J connectivity index is 1.41. The van der Waals surface area contributed by atoms with Crippen molar-refractivity contribution >= 4 is 50.3 Å². The van der Waals surface area contributed by atoms with E-state index in [1.165, 1.54) is 33.5 Å². The SMILES string of the molecule is COc1cc(C(=O)SNC(=O)Nc2cccc(-c3nc4ccccc4s3)c2)cc(OC)c1OC. The van der Waals surface area contributed by atoms with Gasteiger partial charge in [0.15, 0.2) is 11.5 Å². The normalized spacial score (nSPS) is 10.6. The Kier molecular flexibility index (Phi) is 7.19. The molecule has 0 saturated heterocycles. The molecule has 0 radical (unpaired) electrons. The Labute approximate surface area is 204 Å².